The molecule has 2 aromatic carbocycles. The minimum Gasteiger partial charge on any atom is -0.508 e. The van der Waals surface area contributed by atoms with Crippen LogP contribution >= 0.6 is 11.6 Å². The lowest BCUT2D eigenvalue weighted by Gasteiger charge is -2.12. The maximum absolute atomic E-state index is 13.4. The maximum Gasteiger partial charge on any atom is 0.265 e. The number of halogens is 1. The number of aromatic hydroxyl groups is 1. The van der Waals surface area contributed by atoms with E-state index in [1.807, 2.05) is 24.3 Å². The number of nitrogens with zero attached hydrogens (tertiary/aromatic N) is 4. The lowest BCUT2D eigenvalue weighted by molar-refractivity contribution is 0.475. The van der Waals surface area contributed by atoms with Gasteiger partial charge in [0.05, 0.1) is 22.5 Å². The summed E-state index contributed by atoms with van der Waals surface area (Å²) in [5, 5.41) is 10.8. The van der Waals surface area contributed by atoms with E-state index in [0.717, 1.165) is 11.1 Å². The molecule has 0 bridgehead atoms. The number of fused-ring (bicyclic) bond motifs is 1. The van der Waals surface area contributed by atoms with Crippen LogP contribution in [0.1, 0.15) is 0 Å². The largest absolute Gasteiger partial charge is 0.508 e. The number of phenolic OH excluding ortho intramolecular Hbond substituents is 1. The van der Waals surface area contributed by atoms with Gasteiger partial charge >= 0.3 is 0 Å². The predicted octanol–water partition coefficient (Wildman–Crippen LogP) is 4.87. The van der Waals surface area contributed by atoms with E-state index in [2.05, 4.69) is 9.97 Å². The van der Waals surface area contributed by atoms with Gasteiger partial charge < -0.3 is 5.11 Å². The van der Waals surface area contributed by atoms with Gasteiger partial charge in [-0.2, -0.15) is 0 Å². The van der Waals surface area contributed by atoms with E-state index < -0.39 is 0 Å². The summed E-state index contributed by atoms with van der Waals surface area (Å²) < 4.78 is 1.40. The van der Waals surface area contributed by atoms with E-state index in [1.54, 1.807) is 48.8 Å². The Morgan fingerprint density at radius 2 is 1.77 bits per heavy atom. The monoisotopic (exact) mass is 426 g/mol. The van der Waals surface area contributed by atoms with Crippen LogP contribution in [-0.4, -0.2) is 24.6 Å². The van der Waals surface area contributed by atoms with Crippen LogP contribution in [0, 0.1) is 0 Å². The highest BCUT2D eigenvalue weighted by Gasteiger charge is 2.15. The molecule has 0 amide bonds. The van der Waals surface area contributed by atoms with Crippen LogP contribution in [0.5, 0.6) is 5.75 Å². The molecule has 0 saturated heterocycles. The molecule has 3 heterocycles. The maximum atomic E-state index is 13.4. The number of phenols is 1. The number of rotatable bonds is 3. The minimum atomic E-state index is -0.265. The zero-order chi connectivity index (χ0) is 21.4. The topological polar surface area (TPSA) is 80.9 Å². The van der Waals surface area contributed by atoms with Gasteiger partial charge in [-0.25, -0.2) is 9.97 Å². The molecule has 0 aliphatic rings. The minimum absolute atomic E-state index is 0.0668. The zero-order valence-electron chi connectivity index (χ0n) is 16.1. The van der Waals surface area contributed by atoms with E-state index in [0.29, 0.717) is 33.0 Å². The number of hydrogen-bond acceptors (Lipinski definition) is 5. The third kappa shape index (κ3) is 3.53. The van der Waals surface area contributed by atoms with Crippen LogP contribution < -0.4 is 5.56 Å². The van der Waals surface area contributed by atoms with Gasteiger partial charge in [-0.1, -0.05) is 29.8 Å². The molecule has 0 unspecified atom stereocenters. The third-order valence-electron chi connectivity index (χ3n) is 4.93. The Morgan fingerprint density at radius 1 is 0.935 bits per heavy atom. The van der Waals surface area contributed by atoms with Gasteiger partial charge in [0.1, 0.15) is 17.6 Å². The van der Waals surface area contributed by atoms with Crippen LogP contribution in [0.3, 0.4) is 0 Å². The molecule has 5 aromatic rings. The summed E-state index contributed by atoms with van der Waals surface area (Å²) >= 11 is 6.04. The van der Waals surface area contributed by atoms with Crippen molar-refractivity contribution in [3.05, 3.63) is 101 Å². The van der Waals surface area contributed by atoms with Crippen LogP contribution in [-0.2, 0) is 0 Å². The lowest BCUT2D eigenvalue weighted by atomic mass is 10.1. The molecular formula is C24H15ClN4O2. The highest BCUT2D eigenvalue weighted by atomic mass is 35.5. The van der Waals surface area contributed by atoms with Gasteiger partial charge in [-0.3, -0.25) is 14.3 Å². The van der Waals surface area contributed by atoms with Crippen LogP contribution in [0.4, 0.5) is 0 Å². The first-order valence-electron chi connectivity index (χ1n) is 9.48. The first kappa shape index (κ1) is 19.0. The summed E-state index contributed by atoms with van der Waals surface area (Å²) in [4.78, 5) is 27.0. The van der Waals surface area contributed by atoms with E-state index in [9.17, 15) is 9.90 Å². The summed E-state index contributed by atoms with van der Waals surface area (Å²) in [6, 6.07) is 19.2. The third-order valence-corrected chi connectivity index (χ3v) is 5.18. The van der Waals surface area contributed by atoms with E-state index >= 15 is 0 Å². The molecule has 0 atom stereocenters. The van der Waals surface area contributed by atoms with E-state index in [-0.39, 0.29) is 11.3 Å². The molecule has 150 valence electrons. The second kappa shape index (κ2) is 7.66. The van der Waals surface area contributed by atoms with Crippen molar-refractivity contribution in [1.29, 1.82) is 0 Å². The van der Waals surface area contributed by atoms with Gasteiger partial charge in [0.25, 0.3) is 5.56 Å². The van der Waals surface area contributed by atoms with Crippen LogP contribution in [0.15, 0.2) is 90.2 Å². The van der Waals surface area contributed by atoms with Gasteiger partial charge in [0.15, 0.2) is 0 Å². The van der Waals surface area contributed by atoms with Gasteiger partial charge in [0.2, 0.25) is 0 Å². The quantitative estimate of drug-likeness (QED) is 0.445. The second-order valence-electron chi connectivity index (χ2n) is 6.94. The van der Waals surface area contributed by atoms with Crippen molar-refractivity contribution in [2.24, 2.45) is 0 Å². The van der Waals surface area contributed by atoms with E-state index in [4.69, 9.17) is 16.6 Å². The molecule has 0 aliphatic carbocycles. The first-order valence-corrected chi connectivity index (χ1v) is 9.86. The highest BCUT2D eigenvalue weighted by Crippen LogP contribution is 2.29. The average Bonchev–Trinajstić information content (AvgIpc) is 2.80. The molecule has 5 rings (SSSR count). The molecule has 1 N–H and O–H groups in total. The molecule has 3 aromatic heterocycles. The normalized spacial score (nSPS) is 11.0. The number of hydrogen-bond donors (Lipinski definition) is 1. The Labute approximate surface area is 182 Å². The van der Waals surface area contributed by atoms with Crippen molar-refractivity contribution >= 4 is 22.5 Å². The average molecular weight is 427 g/mol. The van der Waals surface area contributed by atoms with Crippen LogP contribution in [0.25, 0.3) is 39.1 Å². The van der Waals surface area contributed by atoms with Crippen molar-refractivity contribution < 1.29 is 5.11 Å². The van der Waals surface area contributed by atoms with Gasteiger partial charge in [-0.15, -0.1) is 0 Å². The fourth-order valence-electron chi connectivity index (χ4n) is 3.43. The smallest absolute Gasteiger partial charge is 0.265 e. The van der Waals surface area contributed by atoms with Crippen molar-refractivity contribution in [1.82, 2.24) is 19.5 Å². The SMILES string of the molecule is O=c1c2cc(-c3ccc(Cl)cc3)nc(-c3cccnc3)c2ncn1-c1cccc(O)c1. The van der Waals surface area contributed by atoms with E-state index in [1.165, 1.54) is 17.0 Å². The number of benzene rings is 2. The molecule has 7 heteroatoms. The Hall–Kier alpha value is -4.03. The summed E-state index contributed by atoms with van der Waals surface area (Å²) in [7, 11) is 0. The van der Waals surface area contributed by atoms with Crippen molar-refractivity contribution in [2.45, 2.75) is 0 Å². The Bertz CT molecular complexity index is 1470. The molecule has 0 spiro atoms. The van der Waals surface area contributed by atoms with Crippen molar-refractivity contribution in [3.8, 4) is 34.0 Å². The molecule has 31 heavy (non-hydrogen) atoms. The fourth-order valence-corrected chi connectivity index (χ4v) is 3.56. The lowest BCUT2D eigenvalue weighted by Crippen LogP contribution is -2.19. The molecular weight excluding hydrogens is 412 g/mol. The van der Waals surface area contributed by atoms with Crippen molar-refractivity contribution in [3.63, 3.8) is 0 Å². The highest BCUT2D eigenvalue weighted by molar-refractivity contribution is 6.30. The molecule has 0 saturated carbocycles. The predicted molar refractivity (Wildman–Crippen MR) is 120 cm³/mol. The Balaban J connectivity index is 1.82. The van der Waals surface area contributed by atoms with Crippen LogP contribution in [0.2, 0.25) is 5.02 Å². The Morgan fingerprint density at radius 3 is 2.52 bits per heavy atom. The number of aromatic nitrogens is 4. The van der Waals surface area contributed by atoms with Gasteiger partial charge in [0, 0.05) is 34.6 Å². The number of pyridine rings is 2. The summed E-state index contributed by atoms with van der Waals surface area (Å²) in [5.41, 5.74) is 3.50. The fraction of sp³-hybridized carbons (Fsp3) is 0. The summed E-state index contributed by atoms with van der Waals surface area (Å²) in [6.07, 6.45) is 4.82. The van der Waals surface area contributed by atoms with Gasteiger partial charge in [-0.05, 0) is 42.5 Å². The zero-order valence-corrected chi connectivity index (χ0v) is 16.9. The second-order valence-corrected chi connectivity index (χ2v) is 7.38. The standard InChI is InChI=1S/C24H15ClN4O2/c25-17-8-6-15(7-9-17)21-12-20-23(22(28-21)16-3-2-10-26-13-16)27-14-29(24(20)31)18-4-1-5-19(30)11-18/h1-14,30H. The first-order chi connectivity index (χ1) is 15.1. The summed E-state index contributed by atoms with van der Waals surface area (Å²) in [6.45, 7) is 0. The van der Waals surface area contributed by atoms with Crippen molar-refractivity contribution in [2.75, 3.05) is 0 Å². The summed E-state index contributed by atoms with van der Waals surface area (Å²) in [5.74, 6) is 0.0668. The molecule has 0 aliphatic heterocycles. The molecule has 6 nitrogen and oxygen atoms in total. The molecule has 0 radical (unpaired) electrons. The molecule has 0 fully saturated rings. The Kier molecular flexibility index (Phi) is 4.69.